The maximum Gasteiger partial charge on any atom is 0.225 e. The fourth-order valence-corrected chi connectivity index (χ4v) is 2.48. The third-order valence-corrected chi connectivity index (χ3v) is 4.17. The highest BCUT2D eigenvalue weighted by Crippen LogP contribution is 2.22. The predicted molar refractivity (Wildman–Crippen MR) is 105 cm³/mol. The van der Waals surface area contributed by atoms with Gasteiger partial charge in [-0.2, -0.15) is 4.98 Å². The maximum atomic E-state index is 13.0. The number of nitrogens with one attached hydrogen (secondary N) is 2. The minimum Gasteiger partial charge on any atom is -0.366 e. The van der Waals surface area contributed by atoms with Crippen LogP contribution in [0.2, 0.25) is 0 Å². The lowest BCUT2D eigenvalue weighted by Crippen LogP contribution is -2.16. The van der Waals surface area contributed by atoms with E-state index in [9.17, 15) is 4.39 Å². The zero-order valence-corrected chi connectivity index (χ0v) is 15.0. The van der Waals surface area contributed by atoms with Gasteiger partial charge in [-0.25, -0.2) is 9.37 Å². The van der Waals surface area contributed by atoms with Gasteiger partial charge in [-0.15, -0.1) is 0 Å². The summed E-state index contributed by atoms with van der Waals surface area (Å²) in [6.07, 6.45) is 0.983. The number of rotatable bonds is 7. The number of aromatic nitrogens is 2. The molecule has 5 heteroatoms. The molecule has 0 radical (unpaired) electrons. The van der Waals surface area contributed by atoms with E-state index in [0.29, 0.717) is 12.5 Å². The summed E-state index contributed by atoms with van der Waals surface area (Å²) in [6, 6.07) is 18.7. The quantitative estimate of drug-likeness (QED) is 0.622. The molecule has 0 spiro atoms. The van der Waals surface area contributed by atoms with Crippen LogP contribution in [0.5, 0.6) is 0 Å². The number of halogens is 1. The summed E-state index contributed by atoms with van der Waals surface area (Å²) < 4.78 is 13.0. The molecule has 0 saturated heterocycles. The molecule has 4 nitrogen and oxygen atoms in total. The molecule has 0 unspecified atom stereocenters. The lowest BCUT2D eigenvalue weighted by atomic mass is 10.1. The summed E-state index contributed by atoms with van der Waals surface area (Å²) in [4.78, 5) is 9.22. The Hall–Kier alpha value is -2.95. The Kier molecular flexibility index (Phi) is 5.79. The van der Waals surface area contributed by atoms with E-state index >= 15 is 0 Å². The Morgan fingerprint density at radius 2 is 1.73 bits per heavy atom. The van der Waals surface area contributed by atoms with Crippen molar-refractivity contribution < 1.29 is 4.39 Å². The van der Waals surface area contributed by atoms with Crippen LogP contribution in [-0.4, -0.2) is 16.0 Å². The Morgan fingerprint density at radius 1 is 1.00 bits per heavy atom. The van der Waals surface area contributed by atoms with Crippen LogP contribution < -0.4 is 10.6 Å². The standard InChI is InChI=1S/C21H23FN4/c1-3-15(2)24-21-25-19(17-7-5-4-6-8-17)13-20(26-21)23-14-16-9-11-18(22)12-10-16/h4-13,15H,3,14H2,1-2H3,(H2,23,24,25,26)/t15-/m1/s1. The van der Waals surface area contributed by atoms with E-state index in [0.717, 1.165) is 29.1 Å². The van der Waals surface area contributed by atoms with E-state index in [4.69, 9.17) is 0 Å². The lowest BCUT2D eigenvalue weighted by Gasteiger charge is -2.14. The van der Waals surface area contributed by atoms with Gasteiger partial charge in [0.05, 0.1) is 5.69 Å². The molecule has 0 aliphatic carbocycles. The molecule has 0 saturated carbocycles. The van der Waals surface area contributed by atoms with E-state index in [1.165, 1.54) is 12.1 Å². The molecule has 0 fully saturated rings. The average molecular weight is 350 g/mol. The van der Waals surface area contributed by atoms with Crippen LogP contribution in [0.3, 0.4) is 0 Å². The van der Waals surface area contributed by atoms with Gasteiger partial charge >= 0.3 is 0 Å². The number of hydrogen-bond acceptors (Lipinski definition) is 4. The second-order valence-electron chi connectivity index (χ2n) is 6.26. The Labute approximate surface area is 153 Å². The highest BCUT2D eigenvalue weighted by Gasteiger charge is 2.09. The van der Waals surface area contributed by atoms with Gasteiger partial charge in [-0.1, -0.05) is 49.4 Å². The monoisotopic (exact) mass is 350 g/mol. The summed E-state index contributed by atoms with van der Waals surface area (Å²) in [6.45, 7) is 4.78. The first kappa shape index (κ1) is 17.9. The van der Waals surface area contributed by atoms with Crippen LogP contribution in [0.4, 0.5) is 16.2 Å². The van der Waals surface area contributed by atoms with Gasteiger partial charge in [-0.3, -0.25) is 0 Å². The summed E-state index contributed by atoms with van der Waals surface area (Å²) in [7, 11) is 0. The maximum absolute atomic E-state index is 13.0. The van der Waals surface area contributed by atoms with Crippen molar-refractivity contribution in [2.24, 2.45) is 0 Å². The Morgan fingerprint density at radius 3 is 2.42 bits per heavy atom. The minimum atomic E-state index is -0.234. The smallest absolute Gasteiger partial charge is 0.225 e. The third kappa shape index (κ3) is 4.79. The molecule has 3 rings (SSSR count). The normalized spacial score (nSPS) is 11.8. The number of benzene rings is 2. The third-order valence-electron chi connectivity index (χ3n) is 4.17. The number of hydrogen-bond donors (Lipinski definition) is 2. The summed E-state index contributed by atoms with van der Waals surface area (Å²) in [5.41, 5.74) is 2.88. The molecule has 3 aromatic rings. The highest BCUT2D eigenvalue weighted by molar-refractivity contribution is 5.64. The first-order valence-electron chi connectivity index (χ1n) is 8.83. The first-order valence-corrected chi connectivity index (χ1v) is 8.83. The van der Waals surface area contributed by atoms with Crippen molar-refractivity contribution in [1.29, 1.82) is 0 Å². The lowest BCUT2D eigenvalue weighted by molar-refractivity contribution is 0.627. The van der Waals surface area contributed by atoms with Crippen LogP contribution >= 0.6 is 0 Å². The molecule has 2 aromatic carbocycles. The molecule has 1 atom stereocenters. The van der Waals surface area contributed by atoms with Crippen molar-refractivity contribution in [2.75, 3.05) is 10.6 Å². The van der Waals surface area contributed by atoms with E-state index < -0.39 is 0 Å². The van der Waals surface area contributed by atoms with E-state index in [1.54, 1.807) is 12.1 Å². The van der Waals surface area contributed by atoms with Crippen molar-refractivity contribution in [2.45, 2.75) is 32.9 Å². The van der Waals surface area contributed by atoms with Crippen molar-refractivity contribution in [1.82, 2.24) is 9.97 Å². The second kappa shape index (κ2) is 8.43. The topological polar surface area (TPSA) is 49.8 Å². The second-order valence-corrected chi connectivity index (χ2v) is 6.26. The van der Waals surface area contributed by atoms with Gasteiger partial charge < -0.3 is 10.6 Å². The SMILES string of the molecule is CC[C@@H](C)Nc1nc(NCc2ccc(F)cc2)cc(-c2ccccc2)n1. The zero-order chi connectivity index (χ0) is 18.4. The molecule has 0 amide bonds. The molecular weight excluding hydrogens is 327 g/mol. The van der Waals surface area contributed by atoms with Crippen LogP contribution in [0.25, 0.3) is 11.3 Å². The van der Waals surface area contributed by atoms with Crippen molar-refractivity contribution in [3.63, 3.8) is 0 Å². The Bertz CT molecular complexity index is 834. The summed E-state index contributed by atoms with van der Waals surface area (Å²) in [5, 5.41) is 6.64. The highest BCUT2D eigenvalue weighted by atomic mass is 19.1. The Balaban J connectivity index is 1.85. The molecule has 0 bridgehead atoms. The number of nitrogens with zero attached hydrogens (tertiary/aromatic N) is 2. The van der Waals surface area contributed by atoms with E-state index in [2.05, 4.69) is 34.4 Å². The molecule has 0 aliphatic rings. The van der Waals surface area contributed by atoms with E-state index in [-0.39, 0.29) is 11.9 Å². The molecule has 26 heavy (non-hydrogen) atoms. The largest absolute Gasteiger partial charge is 0.366 e. The van der Waals surface area contributed by atoms with Gasteiger partial charge in [0.25, 0.3) is 0 Å². The molecule has 0 aliphatic heterocycles. The zero-order valence-electron chi connectivity index (χ0n) is 15.0. The van der Waals surface area contributed by atoms with Crippen LogP contribution in [0.1, 0.15) is 25.8 Å². The molecule has 134 valence electrons. The van der Waals surface area contributed by atoms with Crippen LogP contribution in [0, 0.1) is 5.82 Å². The molecule has 2 N–H and O–H groups in total. The number of anilines is 2. The van der Waals surface area contributed by atoms with Crippen molar-refractivity contribution in [3.8, 4) is 11.3 Å². The van der Waals surface area contributed by atoms with Crippen LogP contribution in [0.15, 0.2) is 60.7 Å². The van der Waals surface area contributed by atoms with Gasteiger partial charge in [0.15, 0.2) is 0 Å². The van der Waals surface area contributed by atoms with Crippen molar-refractivity contribution in [3.05, 3.63) is 72.0 Å². The minimum absolute atomic E-state index is 0.234. The van der Waals surface area contributed by atoms with Crippen LogP contribution in [-0.2, 0) is 6.54 Å². The van der Waals surface area contributed by atoms with Gasteiger partial charge in [0.1, 0.15) is 11.6 Å². The molecular formula is C21H23FN4. The van der Waals surface area contributed by atoms with Crippen molar-refractivity contribution >= 4 is 11.8 Å². The molecule has 1 aromatic heterocycles. The average Bonchev–Trinajstić information content (AvgIpc) is 2.68. The predicted octanol–water partition coefficient (Wildman–Crippen LogP) is 5.11. The fourth-order valence-electron chi connectivity index (χ4n) is 2.48. The fraction of sp³-hybridized carbons (Fsp3) is 0.238. The van der Waals surface area contributed by atoms with Gasteiger partial charge in [-0.05, 0) is 31.0 Å². The van der Waals surface area contributed by atoms with Gasteiger partial charge in [0.2, 0.25) is 5.95 Å². The summed E-state index contributed by atoms with van der Waals surface area (Å²) in [5.74, 6) is 1.10. The molecule has 1 heterocycles. The van der Waals surface area contributed by atoms with Gasteiger partial charge in [0, 0.05) is 24.2 Å². The summed E-state index contributed by atoms with van der Waals surface area (Å²) >= 11 is 0. The first-order chi connectivity index (χ1) is 12.6. The van der Waals surface area contributed by atoms with E-state index in [1.807, 2.05) is 36.4 Å².